The van der Waals surface area contributed by atoms with Gasteiger partial charge in [-0.2, -0.15) is 0 Å². The van der Waals surface area contributed by atoms with Gasteiger partial charge in [0, 0.05) is 11.3 Å². The van der Waals surface area contributed by atoms with E-state index >= 15 is 0 Å². The number of nitrogens with zero attached hydrogens (tertiary/aromatic N) is 1. The molecule has 2 aromatic rings. The number of ether oxygens (including phenoxy) is 2. The number of phenols is 1. The normalized spacial score (nSPS) is 14.9. The fourth-order valence-corrected chi connectivity index (χ4v) is 3.55. The first-order valence-corrected chi connectivity index (χ1v) is 9.88. The standard InChI is InChI=1S/C21H20N2O6S/c1-3-29-16-6-4-5-13(19(16)25)11-17-20(26)23(21(27)30-17)12-18(24)22-14-7-9-15(28-2)10-8-14/h4-11,25H,3,12H2,1-2H3,(H,22,24)/b17-11+. The number of phenolic OH excluding ortho intramolecular Hbond substituents is 1. The van der Waals surface area contributed by atoms with Gasteiger partial charge in [-0.05, 0) is 55.1 Å². The SMILES string of the molecule is CCOc1cccc(/C=C2/SC(=O)N(CC(=O)Nc3ccc(OC)cc3)C2=O)c1O. The van der Waals surface area contributed by atoms with Gasteiger partial charge in [-0.1, -0.05) is 12.1 Å². The summed E-state index contributed by atoms with van der Waals surface area (Å²) in [4.78, 5) is 38.1. The van der Waals surface area contributed by atoms with Crippen molar-refractivity contribution in [3.63, 3.8) is 0 Å². The number of methoxy groups -OCH3 is 1. The average Bonchev–Trinajstić information content (AvgIpc) is 2.99. The summed E-state index contributed by atoms with van der Waals surface area (Å²) in [6.07, 6.45) is 1.41. The zero-order valence-corrected chi connectivity index (χ0v) is 17.2. The number of aromatic hydroxyl groups is 1. The Morgan fingerprint density at radius 2 is 1.93 bits per heavy atom. The van der Waals surface area contributed by atoms with Gasteiger partial charge in [0.1, 0.15) is 12.3 Å². The van der Waals surface area contributed by atoms with Crippen molar-refractivity contribution in [3.05, 3.63) is 52.9 Å². The Hall–Kier alpha value is -3.46. The number of nitrogens with one attached hydrogen (secondary N) is 1. The van der Waals surface area contributed by atoms with Crippen LogP contribution in [0.4, 0.5) is 10.5 Å². The Labute approximate surface area is 177 Å². The van der Waals surface area contributed by atoms with Crippen molar-refractivity contribution in [2.45, 2.75) is 6.92 Å². The first kappa shape index (κ1) is 21.3. The quantitative estimate of drug-likeness (QED) is 0.651. The van der Waals surface area contributed by atoms with Gasteiger partial charge in [0.05, 0.1) is 18.6 Å². The Balaban J connectivity index is 1.70. The topological polar surface area (TPSA) is 105 Å². The minimum absolute atomic E-state index is 0.112. The molecule has 1 aliphatic heterocycles. The summed E-state index contributed by atoms with van der Waals surface area (Å²) in [7, 11) is 1.54. The monoisotopic (exact) mass is 428 g/mol. The Morgan fingerprint density at radius 3 is 2.60 bits per heavy atom. The van der Waals surface area contributed by atoms with E-state index in [0.29, 0.717) is 35.4 Å². The highest BCUT2D eigenvalue weighted by Gasteiger charge is 2.36. The molecule has 0 bridgehead atoms. The highest BCUT2D eigenvalue weighted by Crippen LogP contribution is 2.36. The van der Waals surface area contributed by atoms with Crippen molar-refractivity contribution in [2.24, 2.45) is 0 Å². The number of hydrogen-bond acceptors (Lipinski definition) is 7. The molecule has 0 saturated carbocycles. The molecular formula is C21H20N2O6S. The minimum Gasteiger partial charge on any atom is -0.504 e. The first-order chi connectivity index (χ1) is 14.4. The van der Waals surface area contributed by atoms with Crippen LogP contribution in [-0.4, -0.2) is 47.3 Å². The van der Waals surface area contributed by atoms with Crippen LogP contribution in [0.5, 0.6) is 17.2 Å². The van der Waals surface area contributed by atoms with Crippen molar-refractivity contribution in [2.75, 3.05) is 25.6 Å². The van der Waals surface area contributed by atoms with E-state index in [1.165, 1.54) is 13.2 Å². The molecule has 0 radical (unpaired) electrons. The van der Waals surface area contributed by atoms with E-state index in [1.807, 2.05) is 0 Å². The lowest BCUT2D eigenvalue weighted by Crippen LogP contribution is -2.36. The number of hydrogen-bond donors (Lipinski definition) is 2. The molecule has 30 heavy (non-hydrogen) atoms. The summed E-state index contributed by atoms with van der Waals surface area (Å²) in [6, 6.07) is 11.5. The molecule has 2 aromatic carbocycles. The molecular weight excluding hydrogens is 408 g/mol. The lowest BCUT2D eigenvalue weighted by atomic mass is 10.1. The van der Waals surface area contributed by atoms with Crippen LogP contribution in [0.1, 0.15) is 12.5 Å². The molecule has 0 aliphatic carbocycles. The Morgan fingerprint density at radius 1 is 1.20 bits per heavy atom. The second-order valence-electron chi connectivity index (χ2n) is 6.17. The van der Waals surface area contributed by atoms with Crippen LogP contribution in [0.2, 0.25) is 0 Å². The Bertz CT molecular complexity index is 1000. The van der Waals surface area contributed by atoms with Crippen LogP contribution in [-0.2, 0) is 9.59 Å². The Kier molecular flexibility index (Phi) is 6.63. The predicted molar refractivity (Wildman–Crippen MR) is 114 cm³/mol. The molecule has 1 saturated heterocycles. The van der Waals surface area contributed by atoms with Gasteiger partial charge in [-0.15, -0.1) is 0 Å². The van der Waals surface area contributed by atoms with Crippen molar-refractivity contribution in [1.82, 2.24) is 4.90 Å². The van der Waals surface area contributed by atoms with E-state index in [-0.39, 0.29) is 16.4 Å². The zero-order chi connectivity index (χ0) is 21.7. The smallest absolute Gasteiger partial charge is 0.294 e. The number of benzene rings is 2. The summed E-state index contributed by atoms with van der Waals surface area (Å²) in [6.45, 7) is 1.74. The summed E-state index contributed by atoms with van der Waals surface area (Å²) in [5.41, 5.74) is 0.857. The third-order valence-corrected chi connectivity index (χ3v) is 5.07. The number of carbonyl (C=O) groups excluding carboxylic acids is 3. The molecule has 9 heteroatoms. The largest absolute Gasteiger partial charge is 0.504 e. The molecule has 3 rings (SSSR count). The van der Waals surface area contributed by atoms with Gasteiger partial charge in [0.2, 0.25) is 5.91 Å². The van der Waals surface area contributed by atoms with Crippen LogP contribution in [0.3, 0.4) is 0 Å². The van der Waals surface area contributed by atoms with Crippen molar-refractivity contribution >= 4 is 40.6 Å². The molecule has 2 N–H and O–H groups in total. The zero-order valence-electron chi connectivity index (χ0n) is 16.4. The lowest BCUT2D eigenvalue weighted by molar-refractivity contribution is -0.127. The number of anilines is 1. The van der Waals surface area contributed by atoms with E-state index in [2.05, 4.69) is 5.32 Å². The number of imide groups is 1. The predicted octanol–water partition coefficient (Wildman–Crippen LogP) is 3.47. The first-order valence-electron chi connectivity index (χ1n) is 9.07. The third kappa shape index (κ3) is 4.74. The van der Waals surface area contributed by atoms with Crippen molar-refractivity contribution in [1.29, 1.82) is 0 Å². The highest BCUT2D eigenvalue weighted by atomic mass is 32.2. The van der Waals surface area contributed by atoms with E-state index < -0.39 is 23.6 Å². The molecule has 8 nitrogen and oxygen atoms in total. The average molecular weight is 428 g/mol. The maximum Gasteiger partial charge on any atom is 0.294 e. The summed E-state index contributed by atoms with van der Waals surface area (Å²) < 4.78 is 10.4. The van der Waals surface area contributed by atoms with Gasteiger partial charge in [-0.25, -0.2) is 0 Å². The molecule has 1 aliphatic rings. The molecule has 0 unspecified atom stereocenters. The van der Waals surface area contributed by atoms with Crippen LogP contribution in [0, 0.1) is 0 Å². The number of rotatable bonds is 7. The second kappa shape index (κ2) is 9.36. The minimum atomic E-state index is -0.601. The maximum atomic E-state index is 12.6. The lowest BCUT2D eigenvalue weighted by Gasteiger charge is -2.12. The summed E-state index contributed by atoms with van der Waals surface area (Å²) in [5, 5.41) is 12.4. The van der Waals surface area contributed by atoms with Crippen LogP contribution in [0.15, 0.2) is 47.4 Å². The molecule has 156 valence electrons. The number of thioether (sulfide) groups is 1. The molecule has 3 amide bonds. The number of amides is 3. The van der Waals surface area contributed by atoms with Gasteiger partial charge in [-0.3, -0.25) is 19.3 Å². The molecule has 0 spiro atoms. The van der Waals surface area contributed by atoms with Gasteiger partial charge in [0.15, 0.2) is 11.5 Å². The molecule has 1 fully saturated rings. The molecule has 1 heterocycles. The number of para-hydroxylation sites is 1. The molecule has 0 aromatic heterocycles. The highest BCUT2D eigenvalue weighted by molar-refractivity contribution is 8.18. The summed E-state index contributed by atoms with van der Waals surface area (Å²) in [5.74, 6) is -0.311. The van der Waals surface area contributed by atoms with Crippen LogP contribution >= 0.6 is 11.8 Å². The fourth-order valence-electron chi connectivity index (χ4n) is 2.72. The van der Waals surface area contributed by atoms with Crippen molar-refractivity contribution in [3.8, 4) is 17.2 Å². The van der Waals surface area contributed by atoms with Gasteiger partial charge in [0.25, 0.3) is 11.1 Å². The van der Waals surface area contributed by atoms with E-state index in [1.54, 1.807) is 49.4 Å². The third-order valence-electron chi connectivity index (χ3n) is 4.17. The second-order valence-corrected chi connectivity index (χ2v) is 7.16. The van der Waals surface area contributed by atoms with E-state index in [4.69, 9.17) is 9.47 Å². The molecule has 0 atom stereocenters. The van der Waals surface area contributed by atoms with Crippen molar-refractivity contribution < 1.29 is 29.0 Å². The van der Waals surface area contributed by atoms with E-state index in [9.17, 15) is 19.5 Å². The van der Waals surface area contributed by atoms with Crippen LogP contribution < -0.4 is 14.8 Å². The van der Waals surface area contributed by atoms with Gasteiger partial charge < -0.3 is 19.9 Å². The van der Waals surface area contributed by atoms with Gasteiger partial charge >= 0.3 is 0 Å². The number of carbonyl (C=O) groups is 3. The fraction of sp³-hybridized carbons (Fsp3) is 0.190. The maximum absolute atomic E-state index is 12.6. The van der Waals surface area contributed by atoms with Crippen LogP contribution in [0.25, 0.3) is 6.08 Å². The summed E-state index contributed by atoms with van der Waals surface area (Å²) >= 11 is 0.708. The van der Waals surface area contributed by atoms with E-state index in [0.717, 1.165) is 4.90 Å².